The fraction of sp³-hybridized carbons (Fsp3) is 0.312. The van der Waals surface area contributed by atoms with Gasteiger partial charge in [0.2, 0.25) is 11.8 Å². The first-order valence-corrected chi connectivity index (χ1v) is 14.4. The first-order chi connectivity index (χ1) is 19.9. The van der Waals surface area contributed by atoms with Crippen molar-refractivity contribution in [1.29, 1.82) is 0 Å². The Hall–Kier alpha value is -4.01. The highest BCUT2D eigenvalue weighted by Crippen LogP contribution is 2.36. The van der Waals surface area contributed by atoms with Crippen molar-refractivity contribution in [2.24, 2.45) is 0 Å². The number of likely N-dealkylation sites (tertiary alicyclic amines) is 2. The fourth-order valence-electron chi connectivity index (χ4n) is 6.86. The van der Waals surface area contributed by atoms with Crippen LogP contribution in [0, 0.1) is 0 Å². The molecule has 8 nitrogen and oxygen atoms in total. The van der Waals surface area contributed by atoms with E-state index in [0.717, 1.165) is 41.8 Å². The highest BCUT2D eigenvalue weighted by Gasteiger charge is 2.46. The molecule has 3 atom stereocenters. The summed E-state index contributed by atoms with van der Waals surface area (Å²) in [6, 6.07) is 21.1. The maximum absolute atomic E-state index is 13.7. The maximum Gasteiger partial charge on any atom is 0.255 e. The molecule has 4 aliphatic rings. The van der Waals surface area contributed by atoms with E-state index in [1.807, 2.05) is 65.6 Å². The molecule has 4 heterocycles. The van der Waals surface area contributed by atoms with Crippen LogP contribution >= 0.6 is 11.6 Å². The molecule has 7 rings (SSSR count). The summed E-state index contributed by atoms with van der Waals surface area (Å²) >= 11 is 6.08. The molecule has 0 aliphatic carbocycles. The third-order valence-electron chi connectivity index (χ3n) is 8.90. The summed E-state index contributed by atoms with van der Waals surface area (Å²) in [5.74, 6) is -0.782. The molecule has 2 bridgehead atoms. The number of benzene rings is 3. The van der Waals surface area contributed by atoms with Gasteiger partial charge in [0, 0.05) is 60.8 Å². The predicted molar refractivity (Wildman–Crippen MR) is 153 cm³/mol. The van der Waals surface area contributed by atoms with Gasteiger partial charge in [-0.2, -0.15) is 0 Å². The second kappa shape index (κ2) is 10.1. The van der Waals surface area contributed by atoms with E-state index in [1.54, 1.807) is 4.90 Å². The molecule has 3 aromatic rings. The van der Waals surface area contributed by atoms with Crippen LogP contribution in [0.5, 0.6) is 0 Å². The van der Waals surface area contributed by atoms with Crippen LogP contribution in [0.2, 0.25) is 5.02 Å². The molecule has 208 valence electrons. The summed E-state index contributed by atoms with van der Waals surface area (Å²) in [5, 5.41) is 3.02. The van der Waals surface area contributed by atoms with Gasteiger partial charge < -0.3 is 9.80 Å². The Morgan fingerprint density at radius 2 is 1.73 bits per heavy atom. The molecule has 0 aromatic heterocycles. The van der Waals surface area contributed by atoms with E-state index >= 15 is 0 Å². The van der Waals surface area contributed by atoms with E-state index < -0.39 is 11.9 Å². The van der Waals surface area contributed by atoms with Gasteiger partial charge in [-0.1, -0.05) is 54.1 Å². The molecular formula is C32H29ClN4O4. The summed E-state index contributed by atoms with van der Waals surface area (Å²) in [4.78, 5) is 56.7. The zero-order valence-electron chi connectivity index (χ0n) is 22.4. The van der Waals surface area contributed by atoms with Gasteiger partial charge in [-0.25, -0.2) is 0 Å². The molecule has 0 radical (unpaired) electrons. The summed E-state index contributed by atoms with van der Waals surface area (Å²) < 4.78 is 0. The van der Waals surface area contributed by atoms with Crippen molar-refractivity contribution in [2.45, 2.75) is 50.5 Å². The van der Waals surface area contributed by atoms with Crippen LogP contribution in [0.4, 0.5) is 0 Å². The Morgan fingerprint density at radius 3 is 2.49 bits per heavy atom. The van der Waals surface area contributed by atoms with Crippen LogP contribution in [-0.2, 0) is 22.7 Å². The molecule has 4 aliphatic heterocycles. The summed E-state index contributed by atoms with van der Waals surface area (Å²) in [6.45, 7) is 2.60. The van der Waals surface area contributed by atoms with Crippen LogP contribution in [-0.4, -0.2) is 69.5 Å². The van der Waals surface area contributed by atoms with E-state index in [-0.39, 0.29) is 36.2 Å². The molecule has 1 N–H and O–H groups in total. The second-order valence-electron chi connectivity index (χ2n) is 11.4. The number of piperazine rings is 1. The number of carbonyl (C=O) groups is 4. The van der Waals surface area contributed by atoms with E-state index in [9.17, 15) is 19.2 Å². The average molecular weight is 569 g/mol. The Morgan fingerprint density at radius 1 is 0.927 bits per heavy atom. The van der Waals surface area contributed by atoms with Crippen molar-refractivity contribution in [3.8, 4) is 11.1 Å². The number of amides is 4. The lowest BCUT2D eigenvalue weighted by Crippen LogP contribution is -2.52. The van der Waals surface area contributed by atoms with Crippen molar-refractivity contribution >= 4 is 35.2 Å². The van der Waals surface area contributed by atoms with Crippen molar-refractivity contribution in [3.63, 3.8) is 0 Å². The summed E-state index contributed by atoms with van der Waals surface area (Å²) in [5.41, 5.74) is 5.23. The number of hydrogen-bond acceptors (Lipinski definition) is 5. The minimum absolute atomic E-state index is 0.0623. The van der Waals surface area contributed by atoms with Crippen LogP contribution < -0.4 is 5.32 Å². The van der Waals surface area contributed by atoms with E-state index in [2.05, 4.69) is 16.3 Å². The minimum Gasteiger partial charge on any atom is -0.333 e. The first kappa shape index (κ1) is 25.9. The van der Waals surface area contributed by atoms with Gasteiger partial charge in [0.05, 0.1) is 0 Å². The van der Waals surface area contributed by atoms with Crippen molar-refractivity contribution in [1.82, 2.24) is 20.0 Å². The van der Waals surface area contributed by atoms with Gasteiger partial charge in [-0.3, -0.25) is 29.4 Å². The molecule has 3 fully saturated rings. The number of carbonyl (C=O) groups excluding carboxylic acids is 4. The van der Waals surface area contributed by atoms with Crippen LogP contribution in [0.3, 0.4) is 0 Å². The van der Waals surface area contributed by atoms with Gasteiger partial charge in [0.1, 0.15) is 6.04 Å². The highest BCUT2D eigenvalue weighted by molar-refractivity contribution is 6.30. The third kappa shape index (κ3) is 4.61. The number of hydrogen-bond donors (Lipinski definition) is 1. The Labute approximate surface area is 242 Å². The summed E-state index contributed by atoms with van der Waals surface area (Å²) in [7, 11) is 0. The number of halogens is 1. The quantitative estimate of drug-likeness (QED) is 0.472. The topological polar surface area (TPSA) is 90.0 Å². The van der Waals surface area contributed by atoms with Gasteiger partial charge in [-0.05, 0) is 59.4 Å². The standard InChI is InChI=1S/C32H29ClN4O4/c33-22-8-6-20(7-9-22)25-3-1-2-4-27(25)32(41)36-18-23-14-24(36)17-35(23)15-19-5-10-26-21(13-19)16-37(31(26)40)28-11-12-29(38)34-30(28)39/h1-10,13,23-24,28H,11-12,14-18H2,(H,34,38,39)/t23-,24-,28?/m0/s1. The van der Waals surface area contributed by atoms with Crippen LogP contribution in [0.1, 0.15) is 51.1 Å². The number of piperidine rings is 1. The zero-order chi connectivity index (χ0) is 28.2. The fourth-order valence-corrected chi connectivity index (χ4v) is 6.98. The molecule has 9 heteroatoms. The van der Waals surface area contributed by atoms with Crippen LogP contribution in [0.15, 0.2) is 66.7 Å². The minimum atomic E-state index is -0.612. The van der Waals surface area contributed by atoms with E-state index in [0.29, 0.717) is 35.7 Å². The van der Waals surface area contributed by atoms with Crippen LogP contribution in [0.25, 0.3) is 11.1 Å². The lowest BCUT2D eigenvalue weighted by molar-refractivity contribution is -0.136. The van der Waals surface area contributed by atoms with E-state index in [1.165, 1.54) is 0 Å². The Bertz CT molecular complexity index is 1590. The average Bonchev–Trinajstić information content (AvgIpc) is 3.66. The van der Waals surface area contributed by atoms with Gasteiger partial charge >= 0.3 is 0 Å². The SMILES string of the molecule is O=C1CCC(N2Cc3cc(CN4C[C@@H]5C[C@H]4CN5C(=O)c4ccccc4-c4ccc(Cl)cc4)ccc3C2=O)C(=O)N1. The molecule has 4 amide bonds. The number of rotatable bonds is 5. The highest BCUT2D eigenvalue weighted by atomic mass is 35.5. The summed E-state index contributed by atoms with van der Waals surface area (Å²) in [6.07, 6.45) is 1.54. The van der Waals surface area contributed by atoms with Gasteiger partial charge in [0.15, 0.2) is 0 Å². The molecule has 3 aromatic carbocycles. The molecular weight excluding hydrogens is 540 g/mol. The molecule has 0 spiro atoms. The molecule has 0 saturated carbocycles. The number of nitrogens with zero attached hydrogens (tertiary/aromatic N) is 3. The van der Waals surface area contributed by atoms with Crippen molar-refractivity contribution in [3.05, 3.63) is 94.0 Å². The molecule has 41 heavy (non-hydrogen) atoms. The number of nitrogens with one attached hydrogen (secondary N) is 1. The first-order valence-electron chi connectivity index (χ1n) is 14.0. The van der Waals surface area contributed by atoms with Gasteiger partial charge in [-0.15, -0.1) is 0 Å². The second-order valence-corrected chi connectivity index (χ2v) is 11.8. The zero-order valence-corrected chi connectivity index (χ0v) is 23.1. The predicted octanol–water partition coefficient (Wildman–Crippen LogP) is 3.87. The smallest absolute Gasteiger partial charge is 0.255 e. The Balaban J connectivity index is 1.02. The largest absolute Gasteiger partial charge is 0.333 e. The molecule has 3 saturated heterocycles. The van der Waals surface area contributed by atoms with Crippen molar-refractivity contribution in [2.75, 3.05) is 13.1 Å². The lowest BCUT2D eigenvalue weighted by Gasteiger charge is -2.34. The third-order valence-corrected chi connectivity index (χ3v) is 9.15. The molecule has 1 unspecified atom stereocenters. The monoisotopic (exact) mass is 568 g/mol. The normalized spacial score (nSPS) is 23.7. The van der Waals surface area contributed by atoms with E-state index in [4.69, 9.17) is 11.6 Å². The lowest BCUT2D eigenvalue weighted by atomic mass is 9.98. The number of imide groups is 1. The maximum atomic E-state index is 13.7. The Kier molecular flexibility index (Phi) is 6.40. The number of fused-ring (bicyclic) bond motifs is 3. The van der Waals surface area contributed by atoms with Gasteiger partial charge in [0.25, 0.3) is 11.8 Å². The van der Waals surface area contributed by atoms with Crippen molar-refractivity contribution < 1.29 is 19.2 Å².